The molecule has 134 valence electrons. The molecule has 0 atom stereocenters. The molecule has 0 spiro atoms. The van der Waals surface area contributed by atoms with Gasteiger partial charge in [0.25, 0.3) is 0 Å². The number of ether oxygens (including phenoxy) is 2. The molecule has 0 saturated carbocycles. The minimum atomic E-state index is -0.204. The van der Waals surface area contributed by atoms with E-state index >= 15 is 0 Å². The third-order valence-corrected chi connectivity index (χ3v) is 4.76. The highest BCUT2D eigenvalue weighted by Crippen LogP contribution is 2.27. The molecule has 0 aliphatic rings. The van der Waals surface area contributed by atoms with Crippen molar-refractivity contribution in [1.29, 1.82) is 0 Å². The number of thiazole rings is 1. The van der Waals surface area contributed by atoms with E-state index < -0.39 is 0 Å². The summed E-state index contributed by atoms with van der Waals surface area (Å²) >= 11 is 1.52. The van der Waals surface area contributed by atoms with Gasteiger partial charge in [-0.1, -0.05) is 18.2 Å². The van der Waals surface area contributed by atoms with Crippen LogP contribution in [0.3, 0.4) is 0 Å². The van der Waals surface area contributed by atoms with Crippen molar-refractivity contribution in [3.05, 3.63) is 65.4 Å². The van der Waals surface area contributed by atoms with E-state index in [0.29, 0.717) is 6.42 Å². The van der Waals surface area contributed by atoms with Gasteiger partial charge in [0.1, 0.15) is 17.4 Å². The van der Waals surface area contributed by atoms with Crippen LogP contribution in [0.2, 0.25) is 0 Å². The summed E-state index contributed by atoms with van der Waals surface area (Å²) in [5.41, 5.74) is 2.87. The van der Waals surface area contributed by atoms with Crippen LogP contribution in [0, 0.1) is 0 Å². The number of carbonyl (C=O) groups excluding carboxylic acids is 1. The van der Waals surface area contributed by atoms with E-state index in [2.05, 4.69) is 9.97 Å². The molecule has 1 aromatic carbocycles. The highest BCUT2D eigenvalue weighted by atomic mass is 32.1. The van der Waals surface area contributed by atoms with Gasteiger partial charge in [-0.3, -0.25) is 9.78 Å². The first-order valence-corrected chi connectivity index (χ1v) is 9.26. The number of methoxy groups -OCH3 is 1. The highest BCUT2D eigenvalue weighted by molar-refractivity contribution is 7.13. The fraction of sp³-hybridized carbons (Fsp3) is 0.250. The van der Waals surface area contributed by atoms with Gasteiger partial charge in [-0.2, -0.15) is 0 Å². The van der Waals surface area contributed by atoms with Crippen LogP contribution in [0.15, 0.2) is 54.2 Å². The maximum Gasteiger partial charge on any atom is 0.306 e. The van der Waals surface area contributed by atoms with Gasteiger partial charge < -0.3 is 9.47 Å². The Bertz CT molecular complexity index is 849. The lowest BCUT2D eigenvalue weighted by atomic mass is 10.1. The SMILES string of the molecule is COc1cccc(-c2nc(COC(=O)CCCc3cccnc3)cs2)c1. The predicted molar refractivity (Wildman–Crippen MR) is 101 cm³/mol. The third-order valence-electron chi connectivity index (χ3n) is 3.82. The largest absolute Gasteiger partial charge is 0.497 e. The van der Waals surface area contributed by atoms with Gasteiger partial charge in [0.2, 0.25) is 0 Å². The van der Waals surface area contributed by atoms with Crippen molar-refractivity contribution in [2.75, 3.05) is 7.11 Å². The maximum atomic E-state index is 11.9. The van der Waals surface area contributed by atoms with E-state index in [1.165, 1.54) is 11.3 Å². The average molecular weight is 368 g/mol. The zero-order valence-electron chi connectivity index (χ0n) is 14.6. The van der Waals surface area contributed by atoms with Crippen molar-refractivity contribution in [1.82, 2.24) is 9.97 Å². The van der Waals surface area contributed by atoms with Crippen molar-refractivity contribution < 1.29 is 14.3 Å². The highest BCUT2D eigenvalue weighted by Gasteiger charge is 2.09. The molecule has 0 N–H and O–H groups in total. The second-order valence-corrected chi connectivity index (χ2v) is 6.61. The Morgan fingerprint density at radius 2 is 2.15 bits per heavy atom. The lowest BCUT2D eigenvalue weighted by Gasteiger charge is -2.03. The number of benzene rings is 1. The fourth-order valence-corrected chi connectivity index (χ4v) is 3.27. The zero-order chi connectivity index (χ0) is 18.2. The smallest absolute Gasteiger partial charge is 0.306 e. The summed E-state index contributed by atoms with van der Waals surface area (Å²) < 4.78 is 10.6. The summed E-state index contributed by atoms with van der Waals surface area (Å²) in [6, 6.07) is 11.6. The van der Waals surface area contributed by atoms with Crippen LogP contribution >= 0.6 is 11.3 Å². The molecular formula is C20H20N2O3S. The molecule has 3 aromatic rings. The van der Waals surface area contributed by atoms with Gasteiger partial charge in [0.15, 0.2) is 0 Å². The predicted octanol–water partition coefficient (Wildman–Crippen LogP) is 4.28. The number of carbonyl (C=O) groups is 1. The van der Waals surface area contributed by atoms with Crippen LogP contribution in [0.4, 0.5) is 0 Å². The molecule has 0 unspecified atom stereocenters. The first-order chi connectivity index (χ1) is 12.7. The molecule has 0 aliphatic carbocycles. The molecule has 0 amide bonds. The number of esters is 1. The van der Waals surface area contributed by atoms with Crippen molar-refractivity contribution in [2.45, 2.75) is 25.9 Å². The molecule has 5 nitrogen and oxygen atoms in total. The van der Waals surface area contributed by atoms with Gasteiger partial charge in [-0.15, -0.1) is 11.3 Å². The number of rotatable bonds is 8. The van der Waals surface area contributed by atoms with E-state index in [9.17, 15) is 4.79 Å². The van der Waals surface area contributed by atoms with Crippen molar-refractivity contribution in [3.63, 3.8) is 0 Å². The second kappa shape index (κ2) is 9.10. The Kier molecular flexibility index (Phi) is 6.33. The van der Waals surface area contributed by atoms with E-state index in [0.717, 1.165) is 40.4 Å². The Hall–Kier alpha value is -2.73. The molecule has 0 fully saturated rings. The first-order valence-electron chi connectivity index (χ1n) is 8.38. The summed E-state index contributed by atoms with van der Waals surface area (Å²) in [4.78, 5) is 20.5. The fourth-order valence-electron chi connectivity index (χ4n) is 2.47. The van der Waals surface area contributed by atoms with Crippen LogP contribution in [0.1, 0.15) is 24.1 Å². The number of nitrogens with zero attached hydrogens (tertiary/aromatic N) is 2. The number of hydrogen-bond acceptors (Lipinski definition) is 6. The summed E-state index contributed by atoms with van der Waals surface area (Å²) in [5.74, 6) is 0.587. The standard InChI is InChI=1S/C20H20N2O3S/c1-24-18-8-3-7-16(11-18)20-22-17(14-26-20)13-25-19(23)9-2-5-15-6-4-10-21-12-15/h3-4,6-8,10-12,14H,2,5,9,13H2,1H3. The Balaban J connectivity index is 1.46. The van der Waals surface area contributed by atoms with Gasteiger partial charge in [-0.25, -0.2) is 4.98 Å². The molecule has 0 radical (unpaired) electrons. The Labute approximate surface area is 156 Å². The number of aromatic nitrogens is 2. The van der Waals surface area contributed by atoms with Gasteiger partial charge >= 0.3 is 5.97 Å². The Morgan fingerprint density at radius 1 is 1.23 bits per heavy atom. The van der Waals surface area contributed by atoms with Crippen LogP contribution < -0.4 is 4.74 Å². The molecular weight excluding hydrogens is 348 g/mol. The monoisotopic (exact) mass is 368 g/mol. The average Bonchev–Trinajstić information content (AvgIpc) is 3.16. The number of hydrogen-bond donors (Lipinski definition) is 0. The van der Waals surface area contributed by atoms with Gasteiger partial charge in [0.05, 0.1) is 12.8 Å². The molecule has 6 heteroatoms. The Morgan fingerprint density at radius 3 is 2.96 bits per heavy atom. The number of aryl methyl sites for hydroxylation is 1. The lowest BCUT2D eigenvalue weighted by molar-refractivity contribution is -0.145. The molecule has 0 aliphatic heterocycles. The van der Waals surface area contributed by atoms with Crippen LogP contribution in [-0.2, 0) is 22.6 Å². The number of pyridine rings is 1. The van der Waals surface area contributed by atoms with Crippen molar-refractivity contribution in [3.8, 4) is 16.3 Å². The minimum absolute atomic E-state index is 0.201. The lowest BCUT2D eigenvalue weighted by Crippen LogP contribution is -2.05. The summed E-state index contributed by atoms with van der Waals surface area (Å²) in [5, 5.41) is 2.80. The molecule has 0 bridgehead atoms. The van der Waals surface area contributed by atoms with E-state index in [1.54, 1.807) is 13.3 Å². The van der Waals surface area contributed by atoms with Gasteiger partial charge in [0, 0.05) is 29.8 Å². The third kappa shape index (κ3) is 5.13. The summed E-state index contributed by atoms with van der Waals surface area (Å²) in [6.07, 6.45) is 5.52. The topological polar surface area (TPSA) is 61.3 Å². The van der Waals surface area contributed by atoms with Crippen molar-refractivity contribution >= 4 is 17.3 Å². The minimum Gasteiger partial charge on any atom is -0.497 e. The molecule has 0 saturated heterocycles. The van der Waals surface area contributed by atoms with Gasteiger partial charge in [-0.05, 0) is 36.6 Å². The van der Waals surface area contributed by atoms with E-state index in [-0.39, 0.29) is 12.6 Å². The first kappa shape index (κ1) is 18.1. The quantitative estimate of drug-likeness (QED) is 0.555. The van der Waals surface area contributed by atoms with Crippen LogP contribution in [0.5, 0.6) is 5.75 Å². The van der Waals surface area contributed by atoms with Crippen LogP contribution in [0.25, 0.3) is 10.6 Å². The van der Waals surface area contributed by atoms with E-state index in [4.69, 9.17) is 9.47 Å². The summed E-state index contributed by atoms with van der Waals surface area (Å²) in [7, 11) is 1.64. The molecule has 26 heavy (non-hydrogen) atoms. The zero-order valence-corrected chi connectivity index (χ0v) is 15.4. The summed E-state index contributed by atoms with van der Waals surface area (Å²) in [6.45, 7) is 0.201. The molecule has 3 rings (SSSR count). The second-order valence-electron chi connectivity index (χ2n) is 5.75. The maximum absolute atomic E-state index is 11.9. The van der Waals surface area contributed by atoms with Crippen molar-refractivity contribution in [2.24, 2.45) is 0 Å². The van der Waals surface area contributed by atoms with Crippen LogP contribution in [-0.4, -0.2) is 23.0 Å². The normalized spacial score (nSPS) is 10.5. The molecule has 2 heterocycles. The molecule has 2 aromatic heterocycles. The van der Waals surface area contributed by atoms with E-state index in [1.807, 2.05) is 48.0 Å².